The maximum Gasteiger partial charge on any atom is 0.228 e. The van der Waals surface area contributed by atoms with Crippen LogP contribution in [0.4, 0.5) is 0 Å². The standard InChI is InChI=1S/C18H23N5O2/c1-18(22-7-9-25-10-8-22)13-21(14-18)17(24)11-15-12-19-23(20-15)16-5-3-2-4-6-16/h2-6,12H,7-11,13-14H2,1H3. The highest BCUT2D eigenvalue weighted by atomic mass is 16.5. The number of benzene rings is 1. The molecule has 0 aliphatic carbocycles. The lowest BCUT2D eigenvalue weighted by Crippen LogP contribution is -2.71. The second kappa shape index (κ2) is 6.57. The maximum absolute atomic E-state index is 12.5. The molecular formula is C18H23N5O2. The van der Waals surface area contributed by atoms with Gasteiger partial charge < -0.3 is 9.64 Å². The van der Waals surface area contributed by atoms with Gasteiger partial charge in [-0.2, -0.15) is 15.0 Å². The van der Waals surface area contributed by atoms with Crippen LogP contribution in [0.15, 0.2) is 36.5 Å². The van der Waals surface area contributed by atoms with Crippen molar-refractivity contribution in [1.29, 1.82) is 0 Å². The van der Waals surface area contributed by atoms with Crippen LogP contribution in [0.25, 0.3) is 5.69 Å². The summed E-state index contributed by atoms with van der Waals surface area (Å²) in [6.45, 7) is 7.25. The number of likely N-dealkylation sites (tertiary alicyclic amines) is 1. The van der Waals surface area contributed by atoms with Crippen molar-refractivity contribution in [3.63, 3.8) is 0 Å². The average Bonchev–Trinajstić information content (AvgIpc) is 3.09. The number of aromatic nitrogens is 3. The molecule has 0 spiro atoms. The van der Waals surface area contributed by atoms with Crippen LogP contribution in [0.2, 0.25) is 0 Å². The van der Waals surface area contributed by atoms with E-state index >= 15 is 0 Å². The number of carbonyl (C=O) groups is 1. The van der Waals surface area contributed by atoms with Crippen LogP contribution in [-0.4, -0.2) is 75.6 Å². The summed E-state index contributed by atoms with van der Waals surface area (Å²) in [5.74, 6) is 0.117. The molecule has 1 aromatic heterocycles. The van der Waals surface area contributed by atoms with E-state index in [4.69, 9.17) is 4.74 Å². The maximum atomic E-state index is 12.5. The molecule has 4 rings (SSSR count). The molecule has 3 heterocycles. The van der Waals surface area contributed by atoms with Crippen molar-refractivity contribution in [2.24, 2.45) is 0 Å². The van der Waals surface area contributed by atoms with Gasteiger partial charge in [0.25, 0.3) is 0 Å². The Bertz CT molecular complexity index is 733. The molecule has 2 saturated heterocycles. The summed E-state index contributed by atoms with van der Waals surface area (Å²) >= 11 is 0. The number of para-hydroxylation sites is 1. The Morgan fingerprint density at radius 3 is 2.64 bits per heavy atom. The Morgan fingerprint density at radius 2 is 1.92 bits per heavy atom. The van der Waals surface area contributed by atoms with E-state index in [9.17, 15) is 4.79 Å². The Morgan fingerprint density at radius 1 is 1.20 bits per heavy atom. The SMILES string of the molecule is CC1(N2CCOCC2)CN(C(=O)Cc2cnn(-c3ccccc3)n2)C1. The second-order valence-electron chi connectivity index (χ2n) is 6.98. The Kier molecular flexibility index (Phi) is 4.27. The molecule has 0 radical (unpaired) electrons. The first-order chi connectivity index (χ1) is 12.1. The predicted molar refractivity (Wildman–Crippen MR) is 92.4 cm³/mol. The van der Waals surface area contributed by atoms with Crippen molar-refractivity contribution in [3.05, 3.63) is 42.2 Å². The van der Waals surface area contributed by atoms with Gasteiger partial charge in [-0.05, 0) is 19.1 Å². The highest BCUT2D eigenvalue weighted by Crippen LogP contribution is 2.28. The molecule has 2 aliphatic heterocycles. The smallest absolute Gasteiger partial charge is 0.228 e. The summed E-state index contributed by atoms with van der Waals surface area (Å²) in [6.07, 6.45) is 1.97. The van der Waals surface area contributed by atoms with Gasteiger partial charge in [-0.15, -0.1) is 0 Å². The number of hydrogen-bond acceptors (Lipinski definition) is 5. The Hall–Kier alpha value is -2.25. The van der Waals surface area contributed by atoms with Crippen molar-refractivity contribution in [1.82, 2.24) is 24.8 Å². The van der Waals surface area contributed by atoms with E-state index in [1.165, 1.54) is 0 Å². The van der Waals surface area contributed by atoms with Crippen molar-refractivity contribution in [3.8, 4) is 5.69 Å². The van der Waals surface area contributed by atoms with Crippen LogP contribution in [0.1, 0.15) is 12.6 Å². The van der Waals surface area contributed by atoms with Crippen LogP contribution in [-0.2, 0) is 16.0 Å². The van der Waals surface area contributed by atoms with Gasteiger partial charge in [0, 0.05) is 26.2 Å². The van der Waals surface area contributed by atoms with E-state index in [0.717, 1.165) is 45.1 Å². The van der Waals surface area contributed by atoms with Gasteiger partial charge >= 0.3 is 0 Å². The summed E-state index contributed by atoms with van der Waals surface area (Å²) in [6, 6.07) is 9.71. The van der Waals surface area contributed by atoms with Crippen molar-refractivity contribution >= 4 is 5.91 Å². The second-order valence-corrected chi connectivity index (χ2v) is 6.98. The van der Waals surface area contributed by atoms with Gasteiger partial charge in [0.1, 0.15) is 0 Å². The fourth-order valence-electron chi connectivity index (χ4n) is 3.58. The molecule has 2 aliphatic rings. The summed E-state index contributed by atoms with van der Waals surface area (Å²) in [7, 11) is 0. The zero-order valence-corrected chi connectivity index (χ0v) is 14.5. The van der Waals surface area contributed by atoms with Crippen molar-refractivity contribution in [2.45, 2.75) is 18.9 Å². The zero-order valence-electron chi connectivity index (χ0n) is 14.5. The fourth-order valence-corrected chi connectivity index (χ4v) is 3.58. The molecule has 0 bridgehead atoms. The lowest BCUT2D eigenvalue weighted by Gasteiger charge is -2.55. The minimum atomic E-state index is 0.0844. The normalized spacial score (nSPS) is 20.3. The number of hydrogen-bond donors (Lipinski definition) is 0. The monoisotopic (exact) mass is 341 g/mol. The minimum Gasteiger partial charge on any atom is -0.379 e. The third kappa shape index (κ3) is 3.29. The molecule has 2 fully saturated rings. The van der Waals surface area contributed by atoms with E-state index in [-0.39, 0.29) is 11.4 Å². The van der Waals surface area contributed by atoms with Gasteiger partial charge in [-0.25, -0.2) is 0 Å². The lowest BCUT2D eigenvalue weighted by molar-refractivity contribution is -0.148. The molecular weight excluding hydrogens is 318 g/mol. The number of rotatable bonds is 4. The number of amides is 1. The lowest BCUT2D eigenvalue weighted by atomic mass is 9.89. The van der Waals surface area contributed by atoms with Gasteiger partial charge in [0.15, 0.2) is 0 Å². The van der Waals surface area contributed by atoms with Gasteiger partial charge in [0.2, 0.25) is 5.91 Å². The predicted octanol–water partition coefficient (Wildman–Crippen LogP) is 0.743. The van der Waals surface area contributed by atoms with Crippen LogP contribution < -0.4 is 0 Å². The van der Waals surface area contributed by atoms with E-state index in [1.807, 2.05) is 35.2 Å². The fraction of sp³-hybridized carbons (Fsp3) is 0.500. The molecule has 1 amide bonds. The molecule has 7 nitrogen and oxygen atoms in total. The summed E-state index contributed by atoms with van der Waals surface area (Å²) < 4.78 is 5.42. The topological polar surface area (TPSA) is 63.5 Å². The number of carbonyl (C=O) groups excluding carboxylic acids is 1. The molecule has 0 unspecified atom stereocenters. The van der Waals surface area contributed by atoms with Crippen molar-refractivity contribution in [2.75, 3.05) is 39.4 Å². The first-order valence-electron chi connectivity index (χ1n) is 8.71. The molecule has 2 aromatic rings. The van der Waals surface area contributed by atoms with Crippen LogP contribution in [0, 0.1) is 0 Å². The van der Waals surface area contributed by atoms with Crippen LogP contribution in [0.3, 0.4) is 0 Å². The molecule has 132 valence electrons. The molecule has 7 heteroatoms. The summed E-state index contributed by atoms with van der Waals surface area (Å²) in [4.78, 5) is 18.4. The first kappa shape index (κ1) is 16.2. The molecule has 0 N–H and O–H groups in total. The summed E-state index contributed by atoms with van der Waals surface area (Å²) in [5.41, 5.74) is 1.68. The van der Waals surface area contributed by atoms with E-state index in [1.54, 1.807) is 11.0 Å². The molecule has 25 heavy (non-hydrogen) atoms. The zero-order chi connectivity index (χ0) is 17.3. The average molecular weight is 341 g/mol. The van der Waals surface area contributed by atoms with Gasteiger partial charge in [-0.3, -0.25) is 9.69 Å². The third-order valence-electron chi connectivity index (χ3n) is 5.05. The summed E-state index contributed by atoms with van der Waals surface area (Å²) in [5, 5.41) is 8.68. The molecule has 0 saturated carbocycles. The highest BCUT2D eigenvalue weighted by Gasteiger charge is 2.45. The van der Waals surface area contributed by atoms with Gasteiger partial charge in [-0.1, -0.05) is 18.2 Å². The van der Waals surface area contributed by atoms with E-state index in [0.29, 0.717) is 12.1 Å². The molecule has 1 aromatic carbocycles. The Balaban J connectivity index is 1.34. The van der Waals surface area contributed by atoms with Crippen LogP contribution >= 0.6 is 0 Å². The molecule has 0 atom stereocenters. The quantitative estimate of drug-likeness (QED) is 0.821. The number of morpholine rings is 1. The van der Waals surface area contributed by atoms with Crippen LogP contribution in [0.5, 0.6) is 0 Å². The first-order valence-corrected chi connectivity index (χ1v) is 8.71. The third-order valence-corrected chi connectivity index (χ3v) is 5.05. The van der Waals surface area contributed by atoms with E-state index in [2.05, 4.69) is 22.0 Å². The largest absolute Gasteiger partial charge is 0.379 e. The highest BCUT2D eigenvalue weighted by molar-refractivity contribution is 5.79. The van der Waals surface area contributed by atoms with E-state index < -0.39 is 0 Å². The Labute approximate surface area is 147 Å². The number of nitrogens with zero attached hydrogens (tertiary/aromatic N) is 5. The van der Waals surface area contributed by atoms with Gasteiger partial charge in [0.05, 0.1) is 42.8 Å². The minimum absolute atomic E-state index is 0.0844. The number of ether oxygens (including phenoxy) is 1. The van der Waals surface area contributed by atoms with Crippen molar-refractivity contribution < 1.29 is 9.53 Å².